The lowest BCUT2D eigenvalue weighted by Crippen LogP contribution is -2.27. The zero-order valence-electron chi connectivity index (χ0n) is 8.69. The lowest BCUT2D eigenvalue weighted by Gasteiger charge is -2.23. The van der Waals surface area contributed by atoms with Gasteiger partial charge in [-0.1, -0.05) is 6.07 Å². The Bertz CT molecular complexity index is 382. The first-order valence-corrected chi connectivity index (χ1v) is 4.56. The number of carboxylic acid groups (broad SMARTS) is 1. The number of benzene rings is 1. The third-order valence-electron chi connectivity index (χ3n) is 2.36. The molecular formula is C11H14O4. The average Bonchev–Trinajstić information content (AvgIpc) is 2.17. The predicted octanol–water partition coefficient (Wildman–Crippen LogP) is 0.893. The van der Waals surface area contributed by atoms with Crippen molar-refractivity contribution < 1.29 is 20.1 Å². The van der Waals surface area contributed by atoms with Gasteiger partial charge < -0.3 is 15.3 Å². The maximum atomic E-state index is 10.7. The summed E-state index contributed by atoms with van der Waals surface area (Å²) in [5, 5.41) is 27.5. The topological polar surface area (TPSA) is 77.8 Å². The fourth-order valence-electron chi connectivity index (χ4n) is 1.49. The standard InChI is InChI=1S/C11H14O4/c1-7-5-8(10(13)14)3-4-9(7)11(2,15)6-12/h3-5,12,15H,6H2,1-2H3,(H,13,14)/t11-/m0/s1. The van der Waals surface area contributed by atoms with Gasteiger partial charge in [0.2, 0.25) is 0 Å². The minimum Gasteiger partial charge on any atom is -0.478 e. The monoisotopic (exact) mass is 210 g/mol. The van der Waals surface area contributed by atoms with Gasteiger partial charge in [0.25, 0.3) is 0 Å². The smallest absolute Gasteiger partial charge is 0.335 e. The Labute approximate surface area is 87.8 Å². The van der Waals surface area contributed by atoms with Gasteiger partial charge in [0.15, 0.2) is 0 Å². The van der Waals surface area contributed by atoms with Crippen LogP contribution in [-0.4, -0.2) is 27.9 Å². The van der Waals surface area contributed by atoms with Gasteiger partial charge in [-0.15, -0.1) is 0 Å². The summed E-state index contributed by atoms with van der Waals surface area (Å²) in [4.78, 5) is 10.7. The van der Waals surface area contributed by atoms with Gasteiger partial charge in [-0.2, -0.15) is 0 Å². The van der Waals surface area contributed by atoms with Gasteiger partial charge in [-0.05, 0) is 37.1 Å². The van der Waals surface area contributed by atoms with Crippen LogP contribution in [-0.2, 0) is 5.60 Å². The number of hydrogen-bond acceptors (Lipinski definition) is 3. The Morgan fingerprint density at radius 3 is 2.47 bits per heavy atom. The highest BCUT2D eigenvalue weighted by atomic mass is 16.4. The molecule has 0 heterocycles. The summed E-state index contributed by atoms with van der Waals surface area (Å²) in [6.45, 7) is 2.78. The number of aryl methyl sites for hydroxylation is 1. The Balaban J connectivity index is 3.19. The molecule has 1 atom stereocenters. The van der Waals surface area contributed by atoms with Crippen LogP contribution >= 0.6 is 0 Å². The quantitative estimate of drug-likeness (QED) is 0.692. The van der Waals surface area contributed by atoms with E-state index in [9.17, 15) is 9.90 Å². The minimum absolute atomic E-state index is 0.171. The van der Waals surface area contributed by atoms with Crippen molar-refractivity contribution in [3.05, 3.63) is 34.9 Å². The van der Waals surface area contributed by atoms with Crippen LogP contribution < -0.4 is 0 Å². The van der Waals surface area contributed by atoms with Crippen LogP contribution in [0.4, 0.5) is 0 Å². The van der Waals surface area contributed by atoms with E-state index in [0.717, 1.165) is 0 Å². The van der Waals surface area contributed by atoms with Gasteiger partial charge >= 0.3 is 5.97 Å². The zero-order valence-corrected chi connectivity index (χ0v) is 8.69. The second-order valence-electron chi connectivity index (χ2n) is 3.77. The number of aliphatic hydroxyl groups excluding tert-OH is 1. The molecule has 0 fully saturated rings. The van der Waals surface area contributed by atoms with Crippen molar-refractivity contribution in [2.24, 2.45) is 0 Å². The third kappa shape index (κ3) is 2.34. The van der Waals surface area contributed by atoms with E-state index in [-0.39, 0.29) is 5.56 Å². The van der Waals surface area contributed by atoms with Gasteiger partial charge in [0, 0.05) is 0 Å². The highest BCUT2D eigenvalue weighted by Crippen LogP contribution is 2.24. The van der Waals surface area contributed by atoms with Crippen molar-refractivity contribution in [2.75, 3.05) is 6.61 Å². The molecule has 0 saturated heterocycles. The number of hydrogen-bond donors (Lipinski definition) is 3. The summed E-state index contributed by atoms with van der Waals surface area (Å²) in [5.74, 6) is -1.01. The molecule has 15 heavy (non-hydrogen) atoms. The molecule has 4 nitrogen and oxygen atoms in total. The minimum atomic E-state index is -1.33. The third-order valence-corrected chi connectivity index (χ3v) is 2.36. The lowest BCUT2D eigenvalue weighted by molar-refractivity contribution is -0.00280. The first kappa shape index (κ1) is 11.7. The molecule has 0 spiro atoms. The number of aromatic carboxylic acids is 1. The molecule has 82 valence electrons. The Morgan fingerprint density at radius 1 is 1.47 bits per heavy atom. The van der Waals surface area contributed by atoms with E-state index in [1.807, 2.05) is 0 Å². The maximum absolute atomic E-state index is 10.7. The second-order valence-corrected chi connectivity index (χ2v) is 3.77. The first-order valence-electron chi connectivity index (χ1n) is 4.56. The fourth-order valence-corrected chi connectivity index (χ4v) is 1.49. The number of carbonyl (C=O) groups is 1. The van der Waals surface area contributed by atoms with E-state index >= 15 is 0 Å². The van der Waals surface area contributed by atoms with E-state index in [0.29, 0.717) is 11.1 Å². The van der Waals surface area contributed by atoms with Crippen molar-refractivity contribution in [3.63, 3.8) is 0 Å². The molecular weight excluding hydrogens is 196 g/mol. The van der Waals surface area contributed by atoms with Crippen molar-refractivity contribution >= 4 is 5.97 Å². The van der Waals surface area contributed by atoms with Gasteiger partial charge in [0.05, 0.1) is 12.2 Å². The van der Waals surface area contributed by atoms with Crippen LogP contribution in [0.15, 0.2) is 18.2 Å². The summed E-state index contributed by atoms with van der Waals surface area (Å²) in [5.41, 5.74) is 0.0233. The summed E-state index contributed by atoms with van der Waals surface area (Å²) in [7, 11) is 0. The van der Waals surface area contributed by atoms with Crippen LogP contribution in [0.2, 0.25) is 0 Å². The maximum Gasteiger partial charge on any atom is 0.335 e. The molecule has 1 rings (SSSR count). The lowest BCUT2D eigenvalue weighted by atomic mass is 9.91. The molecule has 1 aromatic rings. The van der Waals surface area contributed by atoms with Gasteiger partial charge in [-0.3, -0.25) is 0 Å². The summed E-state index contributed by atoms with van der Waals surface area (Å²) in [6.07, 6.45) is 0. The predicted molar refractivity (Wildman–Crippen MR) is 54.8 cm³/mol. The van der Waals surface area contributed by atoms with Crippen LogP contribution in [0.5, 0.6) is 0 Å². The van der Waals surface area contributed by atoms with Crippen LogP contribution in [0.1, 0.15) is 28.4 Å². The normalized spacial score (nSPS) is 14.7. The molecule has 0 amide bonds. The van der Waals surface area contributed by atoms with Crippen molar-refractivity contribution in [1.29, 1.82) is 0 Å². The summed E-state index contributed by atoms with van der Waals surface area (Å²) < 4.78 is 0. The van der Waals surface area contributed by atoms with E-state index < -0.39 is 18.2 Å². The highest BCUT2D eigenvalue weighted by Gasteiger charge is 2.24. The van der Waals surface area contributed by atoms with Gasteiger partial charge in [-0.25, -0.2) is 4.79 Å². The SMILES string of the molecule is Cc1cc(C(=O)O)ccc1[C@@](C)(O)CO. The molecule has 4 heteroatoms. The molecule has 0 aliphatic heterocycles. The van der Waals surface area contributed by atoms with E-state index in [1.165, 1.54) is 25.1 Å². The van der Waals surface area contributed by atoms with Crippen molar-refractivity contribution in [2.45, 2.75) is 19.4 Å². The second kappa shape index (κ2) is 4.00. The Hall–Kier alpha value is -1.39. The Morgan fingerprint density at radius 2 is 2.07 bits per heavy atom. The van der Waals surface area contributed by atoms with E-state index in [4.69, 9.17) is 10.2 Å². The molecule has 0 aromatic heterocycles. The molecule has 0 radical (unpaired) electrons. The van der Waals surface area contributed by atoms with Crippen LogP contribution in [0, 0.1) is 6.92 Å². The van der Waals surface area contributed by atoms with E-state index in [1.54, 1.807) is 6.92 Å². The summed E-state index contributed by atoms with van der Waals surface area (Å²) >= 11 is 0. The molecule has 0 unspecified atom stereocenters. The largest absolute Gasteiger partial charge is 0.478 e. The van der Waals surface area contributed by atoms with Crippen molar-refractivity contribution in [3.8, 4) is 0 Å². The van der Waals surface area contributed by atoms with Gasteiger partial charge in [0.1, 0.15) is 5.60 Å². The fraction of sp³-hybridized carbons (Fsp3) is 0.364. The molecule has 0 bridgehead atoms. The van der Waals surface area contributed by atoms with Crippen molar-refractivity contribution in [1.82, 2.24) is 0 Å². The van der Waals surface area contributed by atoms with E-state index in [2.05, 4.69) is 0 Å². The first-order chi connectivity index (χ1) is 6.88. The highest BCUT2D eigenvalue weighted by molar-refractivity contribution is 5.87. The Kier molecular flexibility index (Phi) is 3.12. The average molecular weight is 210 g/mol. The number of carboxylic acids is 1. The summed E-state index contributed by atoms with van der Waals surface area (Å²) in [6, 6.07) is 4.41. The molecule has 0 saturated carbocycles. The van der Waals surface area contributed by atoms with Crippen LogP contribution in [0.25, 0.3) is 0 Å². The number of aliphatic hydroxyl groups is 2. The van der Waals surface area contributed by atoms with Crippen LogP contribution in [0.3, 0.4) is 0 Å². The molecule has 0 aliphatic carbocycles. The molecule has 1 aromatic carbocycles. The number of rotatable bonds is 3. The zero-order chi connectivity index (χ0) is 11.6. The molecule has 0 aliphatic rings. The molecule has 3 N–H and O–H groups in total.